The first kappa shape index (κ1) is 17.7. The summed E-state index contributed by atoms with van der Waals surface area (Å²) in [6.07, 6.45) is 1.47. The first-order valence-corrected chi connectivity index (χ1v) is 8.95. The van der Waals surface area contributed by atoms with Crippen LogP contribution in [0.25, 0.3) is 0 Å². The van der Waals surface area contributed by atoms with Crippen LogP contribution in [0.1, 0.15) is 34.5 Å². The van der Waals surface area contributed by atoms with Crippen molar-refractivity contribution in [3.05, 3.63) is 52.3 Å². The molecule has 5 heteroatoms. The molecule has 2 aromatic rings. The number of hydrogen-bond donors (Lipinski definition) is 2. The molecule has 25 heavy (non-hydrogen) atoms. The number of benzene rings is 1. The molecule has 0 spiro atoms. The number of carbonyl (C=O) groups is 1. The van der Waals surface area contributed by atoms with Gasteiger partial charge in [0.15, 0.2) is 0 Å². The quantitative estimate of drug-likeness (QED) is 0.877. The van der Waals surface area contributed by atoms with Crippen LogP contribution in [-0.2, 0) is 17.6 Å². The number of likely N-dealkylation sites (tertiary alicyclic amines) is 1. The monoisotopic (exact) mass is 341 g/mol. The lowest BCUT2D eigenvalue weighted by atomic mass is 10.00. The van der Waals surface area contributed by atoms with Gasteiger partial charge in [-0.3, -0.25) is 9.89 Å². The van der Waals surface area contributed by atoms with Crippen molar-refractivity contribution in [2.45, 2.75) is 46.1 Å². The lowest BCUT2D eigenvalue weighted by Crippen LogP contribution is -2.29. The van der Waals surface area contributed by atoms with E-state index in [1.54, 1.807) is 4.90 Å². The molecule has 5 nitrogen and oxygen atoms in total. The zero-order valence-corrected chi connectivity index (χ0v) is 15.2. The molecule has 0 aliphatic carbocycles. The van der Waals surface area contributed by atoms with Crippen LogP contribution < -0.4 is 0 Å². The lowest BCUT2D eigenvalue weighted by Gasteiger charge is -2.16. The Bertz CT molecular complexity index is 753. The van der Waals surface area contributed by atoms with E-state index in [1.807, 2.05) is 13.0 Å². The molecular formula is C20H27N3O2. The summed E-state index contributed by atoms with van der Waals surface area (Å²) in [6, 6.07) is 8.35. The van der Waals surface area contributed by atoms with Gasteiger partial charge in [-0.25, -0.2) is 0 Å². The molecule has 1 aromatic carbocycles. The van der Waals surface area contributed by atoms with E-state index in [9.17, 15) is 9.90 Å². The molecule has 0 bridgehead atoms. The Morgan fingerprint density at radius 1 is 1.28 bits per heavy atom. The van der Waals surface area contributed by atoms with Crippen molar-refractivity contribution in [3.8, 4) is 0 Å². The fourth-order valence-electron chi connectivity index (χ4n) is 3.63. The number of carbonyl (C=O) groups excluding carboxylic acids is 1. The molecule has 3 rings (SSSR count). The van der Waals surface area contributed by atoms with Crippen LogP contribution in [-0.4, -0.2) is 45.3 Å². The molecular weight excluding hydrogens is 314 g/mol. The third-order valence-corrected chi connectivity index (χ3v) is 5.10. The maximum absolute atomic E-state index is 12.5. The highest BCUT2D eigenvalue weighted by Crippen LogP contribution is 2.22. The molecule has 134 valence electrons. The Hall–Kier alpha value is -2.14. The van der Waals surface area contributed by atoms with Crippen LogP contribution in [0.2, 0.25) is 0 Å². The minimum atomic E-state index is -0.470. The second-order valence-electron chi connectivity index (χ2n) is 7.30. The minimum absolute atomic E-state index is 0.0627. The molecule has 2 atom stereocenters. The Labute approximate surface area is 149 Å². The van der Waals surface area contributed by atoms with Crippen molar-refractivity contribution in [1.29, 1.82) is 0 Å². The third-order valence-electron chi connectivity index (χ3n) is 5.10. The van der Waals surface area contributed by atoms with Crippen LogP contribution in [0.4, 0.5) is 0 Å². The number of H-pyrrole nitrogens is 1. The Kier molecular flexibility index (Phi) is 5.23. The van der Waals surface area contributed by atoms with Crippen molar-refractivity contribution in [2.24, 2.45) is 5.92 Å². The van der Waals surface area contributed by atoms with Gasteiger partial charge in [-0.1, -0.05) is 23.8 Å². The Balaban J connectivity index is 1.54. The number of nitrogens with one attached hydrogen (secondary N) is 1. The van der Waals surface area contributed by atoms with Gasteiger partial charge in [0.05, 0.1) is 11.8 Å². The summed E-state index contributed by atoms with van der Waals surface area (Å²) in [6.45, 7) is 7.17. The number of rotatable bonds is 5. The van der Waals surface area contributed by atoms with Gasteiger partial charge < -0.3 is 10.0 Å². The number of aliphatic hydroxyl groups is 1. The number of hydrogen-bond acceptors (Lipinski definition) is 3. The second-order valence-corrected chi connectivity index (χ2v) is 7.30. The van der Waals surface area contributed by atoms with Crippen LogP contribution in [0.5, 0.6) is 0 Å². The number of aliphatic hydroxyl groups excluding tert-OH is 1. The summed E-state index contributed by atoms with van der Waals surface area (Å²) in [5.74, 6) is 0.187. The van der Waals surface area contributed by atoms with Gasteiger partial charge in [0.25, 0.3) is 0 Å². The molecule has 0 saturated carbocycles. The van der Waals surface area contributed by atoms with Crippen molar-refractivity contribution in [3.63, 3.8) is 0 Å². The molecule has 1 fully saturated rings. The smallest absolute Gasteiger partial charge is 0.223 e. The topological polar surface area (TPSA) is 69.2 Å². The standard InChI is InChI=1S/C20H27N3O2/c1-13-4-5-16(14(2)8-13)6-7-20(25)23-11-17(19(24)12-23)10-18-9-15(3)21-22-18/h4-5,8-9,17,19,24H,6-7,10-12H2,1-3H3,(H,21,22)/t17-,19-/m1/s1. The first-order valence-electron chi connectivity index (χ1n) is 8.95. The Morgan fingerprint density at radius 2 is 2.08 bits per heavy atom. The number of aromatic nitrogens is 2. The fraction of sp³-hybridized carbons (Fsp3) is 0.500. The number of amides is 1. The molecule has 1 saturated heterocycles. The summed E-state index contributed by atoms with van der Waals surface area (Å²) < 4.78 is 0. The van der Waals surface area contributed by atoms with Gasteiger partial charge in [-0.2, -0.15) is 5.10 Å². The van der Waals surface area contributed by atoms with Crippen LogP contribution in [0, 0.1) is 26.7 Å². The number of aryl methyl sites for hydroxylation is 4. The molecule has 1 amide bonds. The highest BCUT2D eigenvalue weighted by molar-refractivity contribution is 5.77. The second kappa shape index (κ2) is 7.40. The van der Waals surface area contributed by atoms with Gasteiger partial charge in [0, 0.05) is 31.1 Å². The molecule has 2 N–H and O–H groups in total. The van der Waals surface area contributed by atoms with Crippen molar-refractivity contribution < 1.29 is 9.90 Å². The lowest BCUT2D eigenvalue weighted by molar-refractivity contribution is -0.130. The van der Waals surface area contributed by atoms with Gasteiger partial charge in [-0.05, 0) is 50.8 Å². The van der Waals surface area contributed by atoms with E-state index < -0.39 is 6.10 Å². The van der Waals surface area contributed by atoms with Gasteiger partial charge >= 0.3 is 0 Å². The number of aromatic amines is 1. The predicted molar refractivity (Wildman–Crippen MR) is 97.3 cm³/mol. The molecule has 1 aromatic heterocycles. The highest BCUT2D eigenvalue weighted by Gasteiger charge is 2.34. The van der Waals surface area contributed by atoms with Crippen molar-refractivity contribution >= 4 is 5.91 Å². The van der Waals surface area contributed by atoms with E-state index in [0.717, 1.165) is 17.8 Å². The minimum Gasteiger partial charge on any atom is -0.391 e. The molecule has 0 unspecified atom stereocenters. The molecule has 1 aliphatic rings. The summed E-state index contributed by atoms with van der Waals surface area (Å²) >= 11 is 0. The fourth-order valence-corrected chi connectivity index (χ4v) is 3.63. The van der Waals surface area contributed by atoms with Crippen LogP contribution >= 0.6 is 0 Å². The summed E-state index contributed by atoms with van der Waals surface area (Å²) in [7, 11) is 0. The normalized spacial score (nSPS) is 20.2. The average molecular weight is 341 g/mol. The average Bonchev–Trinajstić information content (AvgIpc) is 3.13. The van der Waals surface area contributed by atoms with E-state index in [-0.39, 0.29) is 11.8 Å². The first-order chi connectivity index (χ1) is 11.9. The van der Waals surface area contributed by atoms with E-state index in [0.29, 0.717) is 25.9 Å². The largest absolute Gasteiger partial charge is 0.391 e. The van der Waals surface area contributed by atoms with E-state index in [4.69, 9.17) is 0 Å². The van der Waals surface area contributed by atoms with Crippen molar-refractivity contribution in [2.75, 3.05) is 13.1 Å². The van der Waals surface area contributed by atoms with E-state index in [2.05, 4.69) is 42.2 Å². The zero-order valence-electron chi connectivity index (χ0n) is 15.2. The number of β-amino-alcohol motifs (C(OH)–C–C–N with tert-alkyl or cyclic N) is 1. The predicted octanol–water partition coefficient (Wildman–Crippen LogP) is 2.33. The summed E-state index contributed by atoms with van der Waals surface area (Å²) in [4.78, 5) is 14.3. The van der Waals surface area contributed by atoms with Crippen LogP contribution in [0.15, 0.2) is 24.3 Å². The van der Waals surface area contributed by atoms with Gasteiger partial charge in [0.2, 0.25) is 5.91 Å². The van der Waals surface area contributed by atoms with Gasteiger partial charge in [0.1, 0.15) is 0 Å². The Morgan fingerprint density at radius 3 is 2.76 bits per heavy atom. The third kappa shape index (κ3) is 4.28. The van der Waals surface area contributed by atoms with Crippen molar-refractivity contribution in [1.82, 2.24) is 15.1 Å². The zero-order chi connectivity index (χ0) is 18.0. The number of nitrogens with zero attached hydrogens (tertiary/aromatic N) is 2. The maximum Gasteiger partial charge on any atom is 0.223 e. The molecule has 1 aliphatic heterocycles. The van der Waals surface area contributed by atoms with Gasteiger partial charge in [-0.15, -0.1) is 0 Å². The summed E-state index contributed by atoms with van der Waals surface area (Å²) in [5.41, 5.74) is 5.67. The summed E-state index contributed by atoms with van der Waals surface area (Å²) in [5, 5.41) is 17.5. The van der Waals surface area contributed by atoms with Crippen LogP contribution in [0.3, 0.4) is 0 Å². The maximum atomic E-state index is 12.5. The molecule has 0 radical (unpaired) electrons. The van der Waals surface area contributed by atoms with E-state index in [1.165, 1.54) is 16.7 Å². The molecule has 2 heterocycles. The highest BCUT2D eigenvalue weighted by atomic mass is 16.3. The SMILES string of the molecule is Cc1ccc(CCC(=O)N2C[C@@H](Cc3cc(C)[nH]n3)[C@H](O)C2)c(C)c1. The van der Waals surface area contributed by atoms with E-state index >= 15 is 0 Å².